The average Bonchev–Trinajstić information content (AvgIpc) is 2.32. The molecule has 0 aromatic heterocycles. The maximum atomic E-state index is 5.42. The summed E-state index contributed by atoms with van der Waals surface area (Å²) in [5.74, 6) is 1.51. The highest BCUT2D eigenvalue weighted by Gasteiger charge is 2.17. The molecule has 0 saturated carbocycles. The fourth-order valence-corrected chi connectivity index (χ4v) is 1.96. The molecule has 1 aromatic rings. The Balaban J connectivity index is 1.99. The molecule has 0 N–H and O–H groups in total. The molecule has 2 nitrogen and oxygen atoms in total. The van der Waals surface area contributed by atoms with Crippen LogP contribution in [0.3, 0.4) is 0 Å². The van der Waals surface area contributed by atoms with Gasteiger partial charge in [0.05, 0.1) is 6.61 Å². The minimum Gasteiger partial charge on any atom is -0.481 e. The van der Waals surface area contributed by atoms with E-state index in [1.165, 1.54) is 5.56 Å². The van der Waals surface area contributed by atoms with E-state index in [0.29, 0.717) is 5.92 Å². The van der Waals surface area contributed by atoms with Crippen molar-refractivity contribution in [3.8, 4) is 0 Å². The monoisotopic (exact) mass is 203 g/mol. The van der Waals surface area contributed by atoms with Gasteiger partial charge in [0.2, 0.25) is 0 Å². The van der Waals surface area contributed by atoms with E-state index < -0.39 is 0 Å². The third kappa shape index (κ3) is 2.58. The fourth-order valence-electron chi connectivity index (χ4n) is 1.96. The summed E-state index contributed by atoms with van der Waals surface area (Å²) < 4.78 is 5.42. The first-order chi connectivity index (χ1) is 7.40. The van der Waals surface area contributed by atoms with Gasteiger partial charge in [-0.3, -0.25) is 4.99 Å². The number of hydrogen-bond donors (Lipinski definition) is 0. The van der Waals surface area contributed by atoms with Crippen LogP contribution in [0.2, 0.25) is 0 Å². The lowest BCUT2D eigenvalue weighted by atomic mass is 9.92. The standard InChI is InChI=1S/C13H17NO/c1-2-15-13-9-8-12(10-14-13)11-6-4-3-5-7-11/h3-7,12H,2,8-10H2,1H3. The van der Waals surface area contributed by atoms with Crippen LogP contribution < -0.4 is 0 Å². The number of benzene rings is 1. The molecule has 1 aliphatic rings. The Kier molecular flexibility index (Phi) is 3.38. The second kappa shape index (κ2) is 4.96. The number of nitrogens with zero attached hydrogens (tertiary/aromatic N) is 1. The Morgan fingerprint density at radius 1 is 1.33 bits per heavy atom. The summed E-state index contributed by atoms with van der Waals surface area (Å²) in [6.45, 7) is 3.61. The van der Waals surface area contributed by atoms with Crippen LogP contribution in [0.1, 0.15) is 31.2 Å². The summed E-state index contributed by atoms with van der Waals surface area (Å²) >= 11 is 0. The molecule has 1 aliphatic heterocycles. The van der Waals surface area contributed by atoms with E-state index in [1.54, 1.807) is 0 Å². The predicted molar refractivity (Wildman–Crippen MR) is 62.3 cm³/mol. The van der Waals surface area contributed by atoms with Gasteiger partial charge in [0, 0.05) is 18.9 Å². The van der Waals surface area contributed by atoms with Crippen molar-refractivity contribution in [2.45, 2.75) is 25.7 Å². The van der Waals surface area contributed by atoms with Crippen molar-refractivity contribution in [3.63, 3.8) is 0 Å². The molecule has 0 spiro atoms. The minimum atomic E-state index is 0.579. The van der Waals surface area contributed by atoms with Crippen molar-refractivity contribution in [2.24, 2.45) is 4.99 Å². The highest BCUT2D eigenvalue weighted by Crippen LogP contribution is 2.25. The van der Waals surface area contributed by atoms with E-state index in [2.05, 4.69) is 35.3 Å². The SMILES string of the molecule is CCOC1=NCC(c2ccccc2)CC1. The minimum absolute atomic E-state index is 0.579. The Morgan fingerprint density at radius 3 is 2.73 bits per heavy atom. The van der Waals surface area contributed by atoms with Gasteiger partial charge < -0.3 is 4.74 Å². The lowest BCUT2D eigenvalue weighted by molar-refractivity contribution is 0.307. The summed E-state index contributed by atoms with van der Waals surface area (Å²) in [6.07, 6.45) is 2.14. The van der Waals surface area contributed by atoms with Crippen molar-refractivity contribution in [2.75, 3.05) is 13.2 Å². The highest BCUT2D eigenvalue weighted by atomic mass is 16.5. The molecule has 0 saturated heterocycles. The smallest absolute Gasteiger partial charge is 0.183 e. The molecule has 0 radical (unpaired) electrons. The third-order valence-corrected chi connectivity index (χ3v) is 2.78. The molecule has 2 heteroatoms. The molecule has 0 fully saturated rings. The highest BCUT2D eigenvalue weighted by molar-refractivity contribution is 5.76. The van der Waals surface area contributed by atoms with E-state index in [1.807, 2.05) is 6.92 Å². The first kappa shape index (κ1) is 10.2. The molecule has 0 amide bonds. The molecule has 2 rings (SSSR count). The maximum Gasteiger partial charge on any atom is 0.183 e. The molecule has 15 heavy (non-hydrogen) atoms. The van der Waals surface area contributed by atoms with Crippen molar-refractivity contribution < 1.29 is 4.74 Å². The molecule has 1 aromatic carbocycles. The summed E-state index contributed by atoms with van der Waals surface area (Å²) in [5.41, 5.74) is 1.40. The Hall–Kier alpha value is -1.31. The van der Waals surface area contributed by atoms with Gasteiger partial charge in [0.25, 0.3) is 0 Å². The average molecular weight is 203 g/mol. The van der Waals surface area contributed by atoms with E-state index in [-0.39, 0.29) is 0 Å². The van der Waals surface area contributed by atoms with Crippen molar-refractivity contribution in [1.82, 2.24) is 0 Å². The van der Waals surface area contributed by atoms with E-state index in [0.717, 1.165) is 31.9 Å². The topological polar surface area (TPSA) is 21.6 Å². The zero-order valence-corrected chi connectivity index (χ0v) is 9.15. The van der Waals surface area contributed by atoms with Gasteiger partial charge in [-0.2, -0.15) is 0 Å². The summed E-state index contributed by atoms with van der Waals surface area (Å²) in [6, 6.07) is 10.6. The van der Waals surface area contributed by atoms with Crippen LogP contribution in [0, 0.1) is 0 Å². The zero-order chi connectivity index (χ0) is 10.5. The molecule has 1 unspecified atom stereocenters. The van der Waals surface area contributed by atoms with Gasteiger partial charge in [0.15, 0.2) is 5.90 Å². The van der Waals surface area contributed by atoms with Gasteiger partial charge in [-0.05, 0) is 18.9 Å². The number of ether oxygens (including phenoxy) is 1. The van der Waals surface area contributed by atoms with Crippen molar-refractivity contribution in [1.29, 1.82) is 0 Å². The Bertz CT molecular complexity index is 332. The molecule has 1 atom stereocenters. The third-order valence-electron chi connectivity index (χ3n) is 2.78. The van der Waals surface area contributed by atoms with Crippen molar-refractivity contribution in [3.05, 3.63) is 35.9 Å². The van der Waals surface area contributed by atoms with Gasteiger partial charge in [-0.1, -0.05) is 30.3 Å². The second-order valence-corrected chi connectivity index (χ2v) is 3.81. The second-order valence-electron chi connectivity index (χ2n) is 3.81. The fraction of sp³-hybridized carbons (Fsp3) is 0.462. The molecular formula is C13H17NO. The predicted octanol–water partition coefficient (Wildman–Crippen LogP) is 3.00. The van der Waals surface area contributed by atoms with Crippen molar-refractivity contribution >= 4 is 5.90 Å². The number of hydrogen-bond acceptors (Lipinski definition) is 2. The molecule has 80 valence electrons. The van der Waals surface area contributed by atoms with E-state index >= 15 is 0 Å². The van der Waals surface area contributed by atoms with E-state index in [9.17, 15) is 0 Å². The lowest BCUT2D eigenvalue weighted by Gasteiger charge is -2.21. The molecular weight excluding hydrogens is 186 g/mol. The van der Waals surface area contributed by atoms with Crippen LogP contribution in [-0.4, -0.2) is 19.0 Å². The zero-order valence-electron chi connectivity index (χ0n) is 9.15. The molecule has 1 heterocycles. The van der Waals surface area contributed by atoms with Gasteiger partial charge >= 0.3 is 0 Å². The summed E-state index contributed by atoms with van der Waals surface area (Å²) in [4.78, 5) is 4.47. The van der Waals surface area contributed by atoms with Crippen LogP contribution in [0.15, 0.2) is 35.3 Å². The van der Waals surface area contributed by atoms with Gasteiger partial charge in [0.1, 0.15) is 0 Å². The van der Waals surface area contributed by atoms with E-state index in [4.69, 9.17) is 4.74 Å². The first-order valence-electron chi connectivity index (χ1n) is 5.61. The number of aliphatic imine (C=N–C) groups is 1. The normalized spacial score (nSPS) is 20.9. The van der Waals surface area contributed by atoms with Crippen LogP contribution in [0.25, 0.3) is 0 Å². The molecule has 0 aliphatic carbocycles. The van der Waals surface area contributed by atoms with Crippen LogP contribution in [-0.2, 0) is 4.74 Å². The van der Waals surface area contributed by atoms with Crippen LogP contribution in [0.5, 0.6) is 0 Å². The number of rotatable bonds is 2. The van der Waals surface area contributed by atoms with Crippen LogP contribution in [0.4, 0.5) is 0 Å². The molecule has 0 bridgehead atoms. The Morgan fingerprint density at radius 2 is 2.13 bits per heavy atom. The quantitative estimate of drug-likeness (QED) is 0.724. The first-order valence-corrected chi connectivity index (χ1v) is 5.61. The lowest BCUT2D eigenvalue weighted by Crippen LogP contribution is -2.16. The summed E-state index contributed by atoms with van der Waals surface area (Å²) in [5, 5.41) is 0. The van der Waals surface area contributed by atoms with Gasteiger partial charge in [-0.15, -0.1) is 0 Å². The van der Waals surface area contributed by atoms with Crippen LogP contribution >= 0.6 is 0 Å². The van der Waals surface area contributed by atoms with Gasteiger partial charge in [-0.25, -0.2) is 0 Å². The maximum absolute atomic E-state index is 5.42. The Labute approximate surface area is 91.0 Å². The summed E-state index contributed by atoms with van der Waals surface area (Å²) in [7, 11) is 0. The largest absolute Gasteiger partial charge is 0.481 e.